The molecule has 0 aromatic carbocycles. The van der Waals surface area contributed by atoms with Crippen molar-refractivity contribution in [3.63, 3.8) is 0 Å². The van der Waals surface area contributed by atoms with Crippen molar-refractivity contribution in [3.05, 3.63) is 18.6 Å². The molecule has 2 rings (SSSR count). The second-order valence-corrected chi connectivity index (χ2v) is 5.47. The van der Waals surface area contributed by atoms with Crippen LogP contribution in [0.2, 0.25) is 0 Å². The molecule has 0 spiro atoms. The van der Waals surface area contributed by atoms with Crippen molar-refractivity contribution < 1.29 is 5.11 Å². The van der Waals surface area contributed by atoms with E-state index in [-0.39, 0.29) is 12.1 Å². The maximum atomic E-state index is 9.43. The van der Waals surface area contributed by atoms with E-state index in [2.05, 4.69) is 22.2 Å². The predicted molar refractivity (Wildman–Crippen MR) is 64.4 cm³/mol. The molecule has 88 valence electrons. The molecule has 1 aliphatic rings. The molecule has 1 aromatic heterocycles. The molecule has 1 aromatic rings. The van der Waals surface area contributed by atoms with Gasteiger partial charge in [-0.2, -0.15) is 0 Å². The average molecular weight is 239 g/mol. The fourth-order valence-electron chi connectivity index (χ4n) is 1.45. The molecule has 1 aliphatic carbocycles. The smallest absolute Gasteiger partial charge is 0.114 e. The quantitative estimate of drug-likeness (QED) is 0.727. The molecule has 0 radical (unpaired) electrons. The van der Waals surface area contributed by atoms with Crippen LogP contribution in [0, 0.1) is 0 Å². The van der Waals surface area contributed by atoms with Crippen molar-refractivity contribution in [2.75, 3.05) is 12.4 Å². The Hall–Kier alpha value is -0.650. The molecule has 0 amide bonds. The van der Waals surface area contributed by atoms with E-state index in [1.54, 1.807) is 30.4 Å². The zero-order chi connectivity index (χ0) is 11.4. The first kappa shape index (κ1) is 11.8. The normalized spacial score (nSPS) is 19.4. The topological polar surface area (TPSA) is 58.0 Å². The van der Waals surface area contributed by atoms with Gasteiger partial charge in [0.15, 0.2) is 0 Å². The summed E-state index contributed by atoms with van der Waals surface area (Å²) in [4.78, 5) is 8.22. The molecular formula is C11H17N3OS. The minimum atomic E-state index is -0.219. The molecule has 1 atom stereocenters. The van der Waals surface area contributed by atoms with Gasteiger partial charge in [0.2, 0.25) is 0 Å². The predicted octanol–water partition coefficient (Wildman–Crippen LogP) is 1.07. The van der Waals surface area contributed by atoms with Crippen LogP contribution in [0.5, 0.6) is 0 Å². The first-order valence-electron chi connectivity index (χ1n) is 5.49. The number of hydrogen-bond acceptors (Lipinski definition) is 5. The highest BCUT2D eigenvalue weighted by molar-refractivity contribution is 7.99. The Morgan fingerprint density at radius 1 is 1.56 bits per heavy atom. The van der Waals surface area contributed by atoms with Crippen molar-refractivity contribution in [1.29, 1.82) is 0 Å². The van der Waals surface area contributed by atoms with Crippen LogP contribution in [-0.4, -0.2) is 39.0 Å². The summed E-state index contributed by atoms with van der Waals surface area (Å²) in [5.74, 6) is 0.804. The van der Waals surface area contributed by atoms with Crippen molar-refractivity contribution in [2.24, 2.45) is 0 Å². The van der Waals surface area contributed by atoms with Crippen LogP contribution in [0.15, 0.2) is 23.6 Å². The minimum Gasteiger partial charge on any atom is -0.394 e. The number of aromatic nitrogens is 2. The van der Waals surface area contributed by atoms with Crippen LogP contribution >= 0.6 is 11.8 Å². The second-order valence-electron chi connectivity index (χ2n) is 4.47. The molecule has 2 N–H and O–H groups in total. The Kier molecular flexibility index (Phi) is 3.78. The summed E-state index contributed by atoms with van der Waals surface area (Å²) in [6, 6.07) is 0.597. The molecule has 1 unspecified atom stereocenters. The third kappa shape index (κ3) is 3.43. The van der Waals surface area contributed by atoms with Crippen LogP contribution in [0.3, 0.4) is 0 Å². The SMILES string of the molecule is CC(CO)(CSc1cnccn1)NC1CC1. The molecule has 1 saturated carbocycles. The van der Waals surface area contributed by atoms with Gasteiger partial charge in [0, 0.05) is 29.7 Å². The van der Waals surface area contributed by atoms with E-state index in [1.165, 1.54) is 12.8 Å². The summed E-state index contributed by atoms with van der Waals surface area (Å²) in [5, 5.41) is 13.8. The first-order chi connectivity index (χ1) is 7.72. The van der Waals surface area contributed by atoms with Gasteiger partial charge in [-0.25, -0.2) is 4.98 Å². The van der Waals surface area contributed by atoms with E-state index in [0.29, 0.717) is 6.04 Å². The summed E-state index contributed by atoms with van der Waals surface area (Å²) >= 11 is 1.63. The fourth-order valence-corrected chi connectivity index (χ4v) is 2.36. The summed E-state index contributed by atoms with van der Waals surface area (Å²) < 4.78 is 0. The minimum absolute atomic E-state index is 0.150. The third-order valence-electron chi connectivity index (χ3n) is 2.56. The van der Waals surface area contributed by atoms with Crippen LogP contribution in [0.25, 0.3) is 0 Å². The average Bonchev–Trinajstić information content (AvgIpc) is 3.12. The van der Waals surface area contributed by atoms with E-state index >= 15 is 0 Å². The van der Waals surface area contributed by atoms with Crippen molar-refractivity contribution in [2.45, 2.75) is 36.4 Å². The van der Waals surface area contributed by atoms with Crippen molar-refractivity contribution >= 4 is 11.8 Å². The number of rotatable bonds is 6. The maximum Gasteiger partial charge on any atom is 0.114 e. The lowest BCUT2D eigenvalue weighted by Gasteiger charge is -2.28. The third-order valence-corrected chi connectivity index (χ3v) is 3.85. The van der Waals surface area contributed by atoms with Gasteiger partial charge in [-0.15, -0.1) is 11.8 Å². The van der Waals surface area contributed by atoms with E-state index in [0.717, 1.165) is 10.8 Å². The van der Waals surface area contributed by atoms with Gasteiger partial charge in [0.25, 0.3) is 0 Å². The van der Waals surface area contributed by atoms with E-state index in [1.807, 2.05) is 0 Å². The number of nitrogens with one attached hydrogen (secondary N) is 1. The lowest BCUT2D eigenvalue weighted by Crippen LogP contribution is -2.49. The second kappa shape index (κ2) is 5.12. The van der Waals surface area contributed by atoms with Gasteiger partial charge in [-0.1, -0.05) is 0 Å². The van der Waals surface area contributed by atoms with Gasteiger partial charge in [-0.3, -0.25) is 4.98 Å². The highest BCUT2D eigenvalue weighted by Gasteiger charge is 2.32. The standard InChI is InChI=1S/C11H17N3OS/c1-11(7-15,14-9-2-3-9)8-16-10-6-12-4-5-13-10/h4-6,9,14-15H,2-3,7-8H2,1H3. The van der Waals surface area contributed by atoms with Gasteiger partial charge in [-0.05, 0) is 19.8 Å². The molecule has 0 bridgehead atoms. The number of thioether (sulfide) groups is 1. The highest BCUT2D eigenvalue weighted by atomic mass is 32.2. The largest absolute Gasteiger partial charge is 0.394 e. The Balaban J connectivity index is 1.86. The Morgan fingerprint density at radius 2 is 2.38 bits per heavy atom. The monoisotopic (exact) mass is 239 g/mol. The molecule has 4 nitrogen and oxygen atoms in total. The molecule has 0 saturated heterocycles. The Labute approximate surface area is 99.9 Å². The molecular weight excluding hydrogens is 222 g/mol. The van der Waals surface area contributed by atoms with E-state index < -0.39 is 0 Å². The number of hydrogen-bond donors (Lipinski definition) is 2. The first-order valence-corrected chi connectivity index (χ1v) is 6.48. The fraction of sp³-hybridized carbons (Fsp3) is 0.636. The van der Waals surface area contributed by atoms with Gasteiger partial charge in [0.1, 0.15) is 5.03 Å². The molecule has 1 fully saturated rings. The summed E-state index contributed by atoms with van der Waals surface area (Å²) in [6.07, 6.45) is 7.56. The van der Waals surface area contributed by atoms with Crippen molar-refractivity contribution in [1.82, 2.24) is 15.3 Å². The van der Waals surface area contributed by atoms with Gasteiger partial charge >= 0.3 is 0 Å². The van der Waals surface area contributed by atoms with Crippen LogP contribution in [0.1, 0.15) is 19.8 Å². The van der Waals surface area contributed by atoms with Gasteiger partial charge < -0.3 is 10.4 Å². The van der Waals surface area contributed by atoms with E-state index in [4.69, 9.17) is 0 Å². The number of aliphatic hydroxyl groups is 1. The van der Waals surface area contributed by atoms with Crippen LogP contribution in [-0.2, 0) is 0 Å². The molecule has 5 heteroatoms. The van der Waals surface area contributed by atoms with Crippen LogP contribution in [0.4, 0.5) is 0 Å². The summed E-state index contributed by atoms with van der Waals surface area (Å²) in [6.45, 7) is 2.20. The number of aliphatic hydroxyl groups excluding tert-OH is 1. The lowest BCUT2D eigenvalue weighted by atomic mass is 10.1. The maximum absolute atomic E-state index is 9.43. The Bertz CT molecular complexity index is 331. The number of nitrogens with zero attached hydrogens (tertiary/aromatic N) is 2. The van der Waals surface area contributed by atoms with E-state index in [9.17, 15) is 5.11 Å². The Morgan fingerprint density at radius 3 is 2.94 bits per heavy atom. The summed E-state index contributed by atoms with van der Waals surface area (Å²) in [5.41, 5.74) is -0.219. The summed E-state index contributed by atoms with van der Waals surface area (Å²) in [7, 11) is 0. The highest BCUT2D eigenvalue weighted by Crippen LogP contribution is 2.26. The zero-order valence-corrected chi connectivity index (χ0v) is 10.2. The van der Waals surface area contributed by atoms with Crippen LogP contribution < -0.4 is 5.32 Å². The zero-order valence-electron chi connectivity index (χ0n) is 9.39. The molecule has 0 aliphatic heterocycles. The van der Waals surface area contributed by atoms with Crippen molar-refractivity contribution in [3.8, 4) is 0 Å². The molecule has 16 heavy (non-hydrogen) atoms. The lowest BCUT2D eigenvalue weighted by molar-refractivity contribution is 0.190. The van der Waals surface area contributed by atoms with Gasteiger partial charge in [0.05, 0.1) is 12.8 Å². The molecule has 1 heterocycles.